The lowest BCUT2D eigenvalue weighted by Gasteiger charge is -2.12. The molecule has 1 atom stereocenters. The van der Waals surface area contributed by atoms with Crippen molar-refractivity contribution in [2.24, 2.45) is 0 Å². The fourth-order valence-electron chi connectivity index (χ4n) is 2.27. The average molecular weight is 394 g/mol. The molecule has 0 amide bonds. The molecule has 0 aliphatic carbocycles. The van der Waals surface area contributed by atoms with Gasteiger partial charge in [-0.3, -0.25) is 9.52 Å². The molecule has 1 unspecified atom stereocenters. The standard InChI is InChI=1S/C18H23N3O3S2/c1-11(2)18-19-12(3)10-16(20-18)25-13(4)17(22)14-6-8-15(9-7-14)21-26(5,23)24/h6-11,13,21H,1-5H3. The molecule has 0 aliphatic rings. The van der Waals surface area contributed by atoms with E-state index in [1.165, 1.54) is 11.8 Å². The van der Waals surface area contributed by atoms with Crippen LogP contribution < -0.4 is 4.72 Å². The summed E-state index contributed by atoms with van der Waals surface area (Å²) >= 11 is 1.39. The number of ketones is 1. The molecule has 6 nitrogen and oxygen atoms in total. The first kappa shape index (κ1) is 20.4. The third kappa shape index (κ3) is 5.81. The largest absolute Gasteiger partial charge is 0.293 e. The van der Waals surface area contributed by atoms with E-state index in [1.807, 2.05) is 33.8 Å². The summed E-state index contributed by atoms with van der Waals surface area (Å²) in [5, 5.41) is 0.454. The number of nitrogens with one attached hydrogen (secondary N) is 1. The summed E-state index contributed by atoms with van der Waals surface area (Å²) in [6, 6.07) is 8.28. The Morgan fingerprint density at radius 1 is 1.12 bits per heavy atom. The van der Waals surface area contributed by atoms with Crippen LogP contribution in [0.15, 0.2) is 35.4 Å². The minimum absolute atomic E-state index is 0.0386. The van der Waals surface area contributed by atoms with Crippen LogP contribution in [0.3, 0.4) is 0 Å². The molecule has 0 spiro atoms. The lowest BCUT2D eigenvalue weighted by molar-refractivity contribution is 0.0994. The van der Waals surface area contributed by atoms with Crippen LogP contribution in [0.1, 0.15) is 48.6 Å². The summed E-state index contributed by atoms with van der Waals surface area (Å²) in [6.45, 7) is 7.81. The monoisotopic (exact) mass is 393 g/mol. The molecule has 0 saturated carbocycles. The average Bonchev–Trinajstić information content (AvgIpc) is 2.52. The van der Waals surface area contributed by atoms with Gasteiger partial charge in [0.15, 0.2) is 5.78 Å². The van der Waals surface area contributed by atoms with E-state index in [2.05, 4.69) is 14.7 Å². The molecule has 1 N–H and O–H groups in total. The minimum atomic E-state index is -3.34. The van der Waals surface area contributed by atoms with Crippen molar-refractivity contribution >= 4 is 33.3 Å². The van der Waals surface area contributed by atoms with Crippen LogP contribution in [0.5, 0.6) is 0 Å². The third-order valence-corrected chi connectivity index (χ3v) is 5.13. The Bertz CT molecular complexity index is 894. The summed E-state index contributed by atoms with van der Waals surface area (Å²) < 4.78 is 24.9. The number of benzene rings is 1. The Hall–Kier alpha value is -1.93. The first-order chi connectivity index (χ1) is 12.0. The van der Waals surface area contributed by atoms with E-state index in [0.29, 0.717) is 11.3 Å². The summed E-state index contributed by atoms with van der Waals surface area (Å²) in [5.41, 5.74) is 1.83. The summed E-state index contributed by atoms with van der Waals surface area (Å²) in [6.07, 6.45) is 1.08. The van der Waals surface area contributed by atoms with Crippen molar-refractivity contribution in [1.82, 2.24) is 9.97 Å². The van der Waals surface area contributed by atoms with Gasteiger partial charge >= 0.3 is 0 Å². The van der Waals surface area contributed by atoms with Gasteiger partial charge in [0.05, 0.1) is 11.5 Å². The van der Waals surface area contributed by atoms with Crippen LogP contribution in [-0.2, 0) is 10.0 Å². The summed E-state index contributed by atoms with van der Waals surface area (Å²) in [4.78, 5) is 21.6. The number of Topliss-reactive ketones (excluding diaryl/α,β-unsaturated/α-hetero) is 1. The fourth-order valence-corrected chi connectivity index (χ4v) is 3.82. The number of anilines is 1. The third-order valence-electron chi connectivity index (χ3n) is 3.50. The summed E-state index contributed by atoms with van der Waals surface area (Å²) in [5.74, 6) is 0.946. The highest BCUT2D eigenvalue weighted by Crippen LogP contribution is 2.26. The molecule has 0 radical (unpaired) electrons. The maximum atomic E-state index is 12.6. The smallest absolute Gasteiger partial charge is 0.229 e. The van der Waals surface area contributed by atoms with Gasteiger partial charge in [0.25, 0.3) is 0 Å². The Balaban J connectivity index is 2.12. The van der Waals surface area contributed by atoms with Gasteiger partial charge in [-0.05, 0) is 44.2 Å². The van der Waals surface area contributed by atoms with Gasteiger partial charge in [0.1, 0.15) is 10.9 Å². The molecule has 0 fully saturated rings. The molecular formula is C18H23N3O3S2. The Labute approximate surface area is 158 Å². The second kappa shape index (κ2) is 8.18. The van der Waals surface area contributed by atoms with E-state index in [-0.39, 0.29) is 17.0 Å². The van der Waals surface area contributed by atoms with Crippen molar-refractivity contribution in [2.75, 3.05) is 11.0 Å². The SMILES string of the molecule is Cc1cc(SC(C)C(=O)c2ccc(NS(C)(=O)=O)cc2)nc(C(C)C)n1. The van der Waals surface area contributed by atoms with Crippen LogP contribution >= 0.6 is 11.8 Å². The van der Waals surface area contributed by atoms with Crippen LogP contribution in [0.4, 0.5) is 5.69 Å². The Morgan fingerprint density at radius 2 is 1.73 bits per heavy atom. The van der Waals surface area contributed by atoms with E-state index in [4.69, 9.17) is 0 Å². The number of thioether (sulfide) groups is 1. The van der Waals surface area contributed by atoms with Crippen LogP contribution in [0.2, 0.25) is 0 Å². The predicted octanol–water partition coefficient (Wildman–Crippen LogP) is 3.64. The summed E-state index contributed by atoms with van der Waals surface area (Å²) in [7, 11) is -3.34. The number of hydrogen-bond donors (Lipinski definition) is 1. The second-order valence-corrected chi connectivity index (χ2v) is 9.55. The maximum Gasteiger partial charge on any atom is 0.229 e. The van der Waals surface area contributed by atoms with Gasteiger partial charge in [-0.25, -0.2) is 18.4 Å². The number of sulfonamides is 1. The van der Waals surface area contributed by atoms with E-state index < -0.39 is 10.0 Å². The lowest BCUT2D eigenvalue weighted by atomic mass is 10.1. The topological polar surface area (TPSA) is 89.0 Å². The highest BCUT2D eigenvalue weighted by atomic mass is 32.2. The van der Waals surface area contributed by atoms with Gasteiger partial charge in [-0.2, -0.15) is 0 Å². The van der Waals surface area contributed by atoms with Gasteiger partial charge in [-0.1, -0.05) is 25.6 Å². The molecule has 140 valence electrons. The highest BCUT2D eigenvalue weighted by Gasteiger charge is 2.18. The first-order valence-electron chi connectivity index (χ1n) is 8.19. The molecule has 0 bridgehead atoms. The molecule has 2 rings (SSSR count). The number of aryl methyl sites for hydroxylation is 1. The van der Waals surface area contributed by atoms with Gasteiger partial charge < -0.3 is 0 Å². The number of nitrogens with zero attached hydrogens (tertiary/aromatic N) is 2. The van der Waals surface area contributed by atoms with E-state index in [9.17, 15) is 13.2 Å². The molecule has 0 aliphatic heterocycles. The molecule has 8 heteroatoms. The number of hydrogen-bond acceptors (Lipinski definition) is 6. The molecule has 1 aromatic carbocycles. The molecule has 26 heavy (non-hydrogen) atoms. The van der Waals surface area contributed by atoms with Crippen molar-refractivity contribution < 1.29 is 13.2 Å². The second-order valence-electron chi connectivity index (χ2n) is 6.44. The molecule has 1 heterocycles. The van der Waals surface area contributed by atoms with Crippen LogP contribution in [-0.4, -0.2) is 35.7 Å². The van der Waals surface area contributed by atoms with Crippen LogP contribution in [0, 0.1) is 6.92 Å². The number of rotatable bonds is 7. The quantitative estimate of drug-likeness (QED) is 0.439. The highest BCUT2D eigenvalue weighted by molar-refractivity contribution is 8.00. The minimum Gasteiger partial charge on any atom is -0.293 e. The van der Waals surface area contributed by atoms with E-state index >= 15 is 0 Å². The van der Waals surface area contributed by atoms with Crippen molar-refractivity contribution in [2.45, 2.75) is 43.9 Å². The normalized spacial score (nSPS) is 12.8. The van der Waals surface area contributed by atoms with Crippen molar-refractivity contribution in [3.8, 4) is 0 Å². The van der Waals surface area contributed by atoms with E-state index in [1.54, 1.807) is 24.3 Å². The van der Waals surface area contributed by atoms with Gasteiger partial charge in [0.2, 0.25) is 10.0 Å². The number of carbonyl (C=O) groups excluding carboxylic acids is 1. The number of aromatic nitrogens is 2. The molecule has 0 saturated heterocycles. The Morgan fingerprint density at radius 3 is 2.27 bits per heavy atom. The zero-order chi connectivity index (χ0) is 19.5. The zero-order valence-corrected chi connectivity index (χ0v) is 17.1. The van der Waals surface area contributed by atoms with E-state index in [0.717, 1.165) is 22.8 Å². The lowest BCUT2D eigenvalue weighted by Crippen LogP contribution is -2.15. The zero-order valence-electron chi connectivity index (χ0n) is 15.5. The predicted molar refractivity (Wildman–Crippen MR) is 105 cm³/mol. The molecular weight excluding hydrogens is 370 g/mol. The first-order valence-corrected chi connectivity index (χ1v) is 11.0. The van der Waals surface area contributed by atoms with Crippen molar-refractivity contribution in [3.63, 3.8) is 0 Å². The van der Waals surface area contributed by atoms with Crippen molar-refractivity contribution in [3.05, 3.63) is 47.4 Å². The molecule has 2 aromatic rings. The van der Waals surface area contributed by atoms with Crippen molar-refractivity contribution in [1.29, 1.82) is 0 Å². The molecule has 1 aromatic heterocycles. The van der Waals surface area contributed by atoms with Gasteiger partial charge in [0, 0.05) is 22.9 Å². The van der Waals surface area contributed by atoms with Crippen LogP contribution in [0.25, 0.3) is 0 Å². The maximum absolute atomic E-state index is 12.6. The number of carbonyl (C=O) groups is 1. The Kier molecular flexibility index (Phi) is 6.41. The van der Waals surface area contributed by atoms with Gasteiger partial charge in [-0.15, -0.1) is 0 Å². The fraction of sp³-hybridized carbons (Fsp3) is 0.389.